The highest BCUT2D eigenvalue weighted by Crippen LogP contribution is 2.30. The van der Waals surface area contributed by atoms with Crippen molar-refractivity contribution in [3.05, 3.63) is 33.9 Å². The molecule has 21 heavy (non-hydrogen) atoms. The lowest BCUT2D eigenvalue weighted by atomic mass is 9.97. The molecule has 0 heterocycles. The molecule has 1 aromatic carbocycles. The van der Waals surface area contributed by atoms with Gasteiger partial charge in [0.15, 0.2) is 0 Å². The third-order valence-corrected chi connectivity index (χ3v) is 4.04. The van der Waals surface area contributed by atoms with E-state index in [-0.39, 0.29) is 17.3 Å². The van der Waals surface area contributed by atoms with Crippen LogP contribution in [0.25, 0.3) is 0 Å². The fraction of sp³-hybridized carbons (Fsp3) is 0.500. The minimum absolute atomic E-state index is 0.0482. The van der Waals surface area contributed by atoms with E-state index in [1.165, 1.54) is 31.0 Å². The molecule has 7 heteroatoms. The van der Waals surface area contributed by atoms with Gasteiger partial charge in [-0.1, -0.05) is 12.8 Å². The number of carbonyl (C=O) groups excluding carboxylic acids is 1. The van der Waals surface area contributed by atoms with Crippen LogP contribution in [0.2, 0.25) is 0 Å². The molecule has 7 nitrogen and oxygen atoms in total. The van der Waals surface area contributed by atoms with Crippen LogP contribution >= 0.6 is 0 Å². The first kappa shape index (κ1) is 15.2. The van der Waals surface area contributed by atoms with Crippen molar-refractivity contribution in [1.82, 2.24) is 0 Å². The highest BCUT2D eigenvalue weighted by atomic mass is 16.6. The minimum Gasteiger partial charge on any atom is -0.380 e. The smallest absolute Gasteiger partial charge is 0.270 e. The van der Waals surface area contributed by atoms with Crippen molar-refractivity contribution >= 4 is 17.3 Å². The van der Waals surface area contributed by atoms with Crippen molar-refractivity contribution in [2.45, 2.75) is 31.7 Å². The zero-order valence-electron chi connectivity index (χ0n) is 11.7. The molecule has 1 unspecified atom stereocenters. The molecule has 0 spiro atoms. The molecular formula is C14H20N4O3. The number of benzene rings is 1. The Bertz CT molecular complexity index is 541. The van der Waals surface area contributed by atoms with Crippen LogP contribution in [0.4, 0.5) is 11.4 Å². The maximum atomic E-state index is 11.5. The molecule has 1 aliphatic rings. The fourth-order valence-electron chi connectivity index (χ4n) is 2.90. The summed E-state index contributed by atoms with van der Waals surface area (Å²) < 4.78 is 0. The van der Waals surface area contributed by atoms with Gasteiger partial charge >= 0.3 is 0 Å². The number of anilines is 1. The highest BCUT2D eigenvalue weighted by molar-refractivity contribution is 5.99. The number of rotatable bonds is 6. The molecular weight excluding hydrogens is 272 g/mol. The van der Waals surface area contributed by atoms with Gasteiger partial charge in [-0.05, 0) is 24.8 Å². The van der Waals surface area contributed by atoms with Crippen molar-refractivity contribution < 1.29 is 9.72 Å². The fourth-order valence-corrected chi connectivity index (χ4v) is 2.90. The Morgan fingerprint density at radius 1 is 1.43 bits per heavy atom. The van der Waals surface area contributed by atoms with Crippen molar-refractivity contribution in [1.29, 1.82) is 0 Å². The second kappa shape index (κ2) is 6.53. The van der Waals surface area contributed by atoms with Gasteiger partial charge in [0.1, 0.15) is 0 Å². The molecule has 2 rings (SSSR count). The number of nitro benzene ring substituents is 1. The van der Waals surface area contributed by atoms with E-state index >= 15 is 0 Å². The molecule has 1 saturated carbocycles. The number of hydrogen-bond donors (Lipinski definition) is 3. The van der Waals surface area contributed by atoms with Gasteiger partial charge in [-0.3, -0.25) is 14.9 Å². The highest BCUT2D eigenvalue weighted by Gasteiger charge is 2.25. The SMILES string of the molecule is NCC(Nc1ccc([N+](=O)[O-])cc1C(N)=O)C1CCCC1. The molecule has 1 atom stereocenters. The first-order valence-corrected chi connectivity index (χ1v) is 7.07. The molecule has 1 aliphatic carbocycles. The summed E-state index contributed by atoms with van der Waals surface area (Å²) >= 11 is 0. The predicted molar refractivity (Wildman–Crippen MR) is 80.0 cm³/mol. The average Bonchev–Trinajstić information content (AvgIpc) is 2.98. The van der Waals surface area contributed by atoms with Gasteiger partial charge in [-0.25, -0.2) is 0 Å². The summed E-state index contributed by atoms with van der Waals surface area (Å²) in [6.07, 6.45) is 4.58. The molecule has 5 N–H and O–H groups in total. The average molecular weight is 292 g/mol. The zero-order valence-corrected chi connectivity index (χ0v) is 11.7. The van der Waals surface area contributed by atoms with Gasteiger partial charge in [0.25, 0.3) is 11.6 Å². The Labute approximate surface area is 122 Å². The third kappa shape index (κ3) is 3.49. The van der Waals surface area contributed by atoms with Crippen molar-refractivity contribution in [3.63, 3.8) is 0 Å². The topological polar surface area (TPSA) is 124 Å². The largest absolute Gasteiger partial charge is 0.380 e. The number of amides is 1. The predicted octanol–water partition coefficient (Wildman–Crippen LogP) is 1.62. The number of nitrogens with zero attached hydrogens (tertiary/aromatic N) is 1. The number of carbonyl (C=O) groups is 1. The molecule has 0 bridgehead atoms. The lowest BCUT2D eigenvalue weighted by Gasteiger charge is -2.25. The van der Waals surface area contributed by atoms with Crippen LogP contribution in [0.15, 0.2) is 18.2 Å². The van der Waals surface area contributed by atoms with Crippen LogP contribution in [-0.4, -0.2) is 23.4 Å². The van der Waals surface area contributed by atoms with Crippen LogP contribution in [0.1, 0.15) is 36.0 Å². The van der Waals surface area contributed by atoms with Crippen LogP contribution < -0.4 is 16.8 Å². The van der Waals surface area contributed by atoms with Crippen LogP contribution in [0.5, 0.6) is 0 Å². The first-order valence-electron chi connectivity index (χ1n) is 7.07. The van der Waals surface area contributed by atoms with Gasteiger partial charge in [0, 0.05) is 30.4 Å². The maximum Gasteiger partial charge on any atom is 0.270 e. The molecule has 0 radical (unpaired) electrons. The van der Waals surface area contributed by atoms with Gasteiger partial charge < -0.3 is 16.8 Å². The Morgan fingerprint density at radius 3 is 2.62 bits per heavy atom. The number of non-ortho nitro benzene ring substituents is 1. The Hall–Kier alpha value is -2.15. The summed E-state index contributed by atoms with van der Waals surface area (Å²) in [4.78, 5) is 21.8. The van der Waals surface area contributed by atoms with Gasteiger partial charge in [-0.2, -0.15) is 0 Å². The van der Waals surface area contributed by atoms with E-state index in [0.29, 0.717) is 18.2 Å². The van der Waals surface area contributed by atoms with Crippen molar-refractivity contribution in [2.75, 3.05) is 11.9 Å². The van der Waals surface area contributed by atoms with E-state index in [0.717, 1.165) is 12.8 Å². The minimum atomic E-state index is -0.691. The number of nitrogens with one attached hydrogen (secondary N) is 1. The molecule has 1 amide bonds. The van der Waals surface area contributed by atoms with E-state index in [9.17, 15) is 14.9 Å². The Kier molecular flexibility index (Phi) is 4.74. The molecule has 0 saturated heterocycles. The first-order chi connectivity index (χ1) is 10.0. The van der Waals surface area contributed by atoms with E-state index in [1.807, 2.05) is 0 Å². The van der Waals surface area contributed by atoms with Crippen molar-refractivity contribution in [2.24, 2.45) is 17.4 Å². The summed E-state index contributed by atoms with van der Waals surface area (Å²) in [6, 6.07) is 4.13. The van der Waals surface area contributed by atoms with E-state index in [4.69, 9.17) is 11.5 Å². The lowest BCUT2D eigenvalue weighted by molar-refractivity contribution is -0.384. The van der Waals surface area contributed by atoms with Crippen LogP contribution in [0, 0.1) is 16.0 Å². The second-order valence-corrected chi connectivity index (χ2v) is 5.38. The monoisotopic (exact) mass is 292 g/mol. The van der Waals surface area contributed by atoms with Gasteiger partial charge in [0.05, 0.1) is 10.5 Å². The lowest BCUT2D eigenvalue weighted by Crippen LogP contribution is -2.35. The Balaban J connectivity index is 2.25. The summed E-state index contributed by atoms with van der Waals surface area (Å²) in [6.45, 7) is 0.444. The molecule has 0 aliphatic heterocycles. The van der Waals surface area contributed by atoms with E-state index in [2.05, 4.69) is 5.32 Å². The standard InChI is InChI=1S/C14H20N4O3/c15-8-13(9-3-1-2-4-9)17-12-6-5-10(18(20)21)7-11(12)14(16)19/h5-7,9,13,17H,1-4,8,15H2,(H2,16,19). The molecule has 1 aromatic rings. The molecule has 0 aromatic heterocycles. The normalized spacial score (nSPS) is 16.6. The molecule has 114 valence electrons. The maximum absolute atomic E-state index is 11.5. The van der Waals surface area contributed by atoms with Crippen molar-refractivity contribution in [3.8, 4) is 0 Å². The number of hydrogen-bond acceptors (Lipinski definition) is 5. The van der Waals surface area contributed by atoms with E-state index in [1.54, 1.807) is 0 Å². The number of primary amides is 1. The van der Waals surface area contributed by atoms with E-state index < -0.39 is 10.8 Å². The number of nitrogens with two attached hydrogens (primary N) is 2. The zero-order chi connectivity index (χ0) is 15.4. The summed E-state index contributed by atoms with van der Waals surface area (Å²) in [7, 11) is 0. The van der Waals surface area contributed by atoms with Crippen LogP contribution in [-0.2, 0) is 0 Å². The number of nitro groups is 1. The summed E-state index contributed by atoms with van der Waals surface area (Å²) in [5, 5.41) is 14.0. The van der Waals surface area contributed by atoms with Crippen LogP contribution in [0.3, 0.4) is 0 Å². The molecule has 1 fully saturated rings. The van der Waals surface area contributed by atoms with Gasteiger partial charge in [-0.15, -0.1) is 0 Å². The second-order valence-electron chi connectivity index (χ2n) is 5.38. The quantitative estimate of drug-likeness (QED) is 0.543. The third-order valence-electron chi connectivity index (χ3n) is 4.04. The van der Waals surface area contributed by atoms with Gasteiger partial charge in [0.2, 0.25) is 0 Å². The summed E-state index contributed by atoms with van der Waals surface area (Å²) in [5.74, 6) is -0.227. The summed E-state index contributed by atoms with van der Waals surface area (Å²) in [5.41, 5.74) is 11.6. The Morgan fingerprint density at radius 2 is 2.10 bits per heavy atom.